The Morgan fingerprint density at radius 3 is 1.77 bits per heavy atom. The third-order valence-electron chi connectivity index (χ3n) is 8.68. The highest BCUT2D eigenvalue weighted by Crippen LogP contribution is 2.27. The van der Waals surface area contributed by atoms with E-state index in [1.165, 1.54) is 0 Å². The maximum absolute atomic E-state index is 13.7. The van der Waals surface area contributed by atoms with Crippen LogP contribution in [0.2, 0.25) is 0 Å². The van der Waals surface area contributed by atoms with Gasteiger partial charge in [-0.2, -0.15) is 0 Å². The molecule has 4 heterocycles. The molecule has 7 nitrogen and oxygen atoms in total. The molecule has 0 aliphatic carbocycles. The van der Waals surface area contributed by atoms with Crippen molar-refractivity contribution in [3.63, 3.8) is 0 Å². The van der Waals surface area contributed by atoms with Gasteiger partial charge in [-0.05, 0) is 37.8 Å². The number of carbonyl (C=O) groups excluding carboxylic acids is 2. The second-order valence-electron chi connectivity index (χ2n) is 11.1. The summed E-state index contributed by atoms with van der Waals surface area (Å²) in [5.74, 6) is 0.519. The number of ether oxygens (including phenoxy) is 1. The lowest BCUT2D eigenvalue weighted by atomic mass is 9.96. The fourth-order valence-electron chi connectivity index (χ4n) is 6.29. The SMILES string of the molecule is O=C(c1cc(-c2ccccc2)nc(-c2ccccc2)c1)N1CCN(C2CCN(C(=O)C3CCOCC3)CC2)CC1. The highest BCUT2D eigenvalue weighted by Gasteiger charge is 2.33. The predicted molar refractivity (Wildman–Crippen MR) is 156 cm³/mol. The Labute approximate surface area is 236 Å². The van der Waals surface area contributed by atoms with Gasteiger partial charge in [0.25, 0.3) is 5.91 Å². The lowest BCUT2D eigenvalue weighted by molar-refractivity contribution is -0.140. The first kappa shape index (κ1) is 26.7. The van der Waals surface area contributed by atoms with Crippen LogP contribution < -0.4 is 0 Å². The fourth-order valence-corrected chi connectivity index (χ4v) is 6.29. The summed E-state index contributed by atoms with van der Waals surface area (Å²) in [7, 11) is 0. The second-order valence-corrected chi connectivity index (χ2v) is 11.1. The first-order valence-corrected chi connectivity index (χ1v) is 14.7. The number of amides is 2. The van der Waals surface area contributed by atoms with Gasteiger partial charge in [0.1, 0.15) is 0 Å². The van der Waals surface area contributed by atoms with Gasteiger partial charge in [-0.3, -0.25) is 14.5 Å². The first-order chi connectivity index (χ1) is 19.7. The van der Waals surface area contributed by atoms with E-state index in [0.29, 0.717) is 43.8 Å². The van der Waals surface area contributed by atoms with E-state index >= 15 is 0 Å². The summed E-state index contributed by atoms with van der Waals surface area (Å²) >= 11 is 0. The van der Waals surface area contributed by atoms with Crippen molar-refractivity contribution in [1.82, 2.24) is 19.7 Å². The van der Waals surface area contributed by atoms with Gasteiger partial charge >= 0.3 is 0 Å². The van der Waals surface area contributed by atoms with Gasteiger partial charge in [-0.15, -0.1) is 0 Å². The van der Waals surface area contributed by atoms with Crippen molar-refractivity contribution in [2.24, 2.45) is 5.92 Å². The molecule has 3 aromatic rings. The zero-order valence-electron chi connectivity index (χ0n) is 23.1. The van der Waals surface area contributed by atoms with Crippen molar-refractivity contribution in [3.8, 4) is 22.5 Å². The van der Waals surface area contributed by atoms with Crippen LogP contribution in [0.15, 0.2) is 72.8 Å². The van der Waals surface area contributed by atoms with Crippen LogP contribution in [0.5, 0.6) is 0 Å². The molecule has 0 N–H and O–H groups in total. The van der Waals surface area contributed by atoms with E-state index in [4.69, 9.17) is 9.72 Å². The zero-order valence-corrected chi connectivity index (χ0v) is 23.1. The molecule has 3 aliphatic rings. The molecule has 2 aromatic carbocycles. The molecule has 7 heteroatoms. The van der Waals surface area contributed by atoms with Crippen LogP contribution in [0.25, 0.3) is 22.5 Å². The summed E-state index contributed by atoms with van der Waals surface area (Å²) in [4.78, 5) is 38.2. The molecule has 1 aromatic heterocycles. The Kier molecular flexibility index (Phi) is 8.21. The van der Waals surface area contributed by atoms with Gasteiger partial charge in [0.05, 0.1) is 11.4 Å². The monoisotopic (exact) mass is 538 g/mol. The standard InChI is InChI=1S/C33H38N4O3/c38-32(27-13-21-40-22-14-27)36-15-11-29(12-16-36)35-17-19-37(20-18-35)33(39)28-23-30(25-7-3-1-4-8-25)34-31(24-28)26-9-5-2-6-10-26/h1-10,23-24,27,29H,11-22H2. The average Bonchev–Trinajstić information content (AvgIpc) is 3.05. The maximum atomic E-state index is 13.7. The van der Waals surface area contributed by atoms with Crippen LogP contribution >= 0.6 is 0 Å². The highest BCUT2D eigenvalue weighted by atomic mass is 16.5. The van der Waals surface area contributed by atoms with Gasteiger partial charge in [0, 0.05) is 81.1 Å². The van der Waals surface area contributed by atoms with Gasteiger partial charge in [0.2, 0.25) is 5.91 Å². The Bertz CT molecular complexity index is 1240. The van der Waals surface area contributed by atoms with Crippen LogP contribution in [0.3, 0.4) is 0 Å². The first-order valence-electron chi connectivity index (χ1n) is 14.7. The quantitative estimate of drug-likeness (QED) is 0.476. The number of hydrogen-bond donors (Lipinski definition) is 0. The minimum Gasteiger partial charge on any atom is -0.381 e. The number of likely N-dealkylation sites (tertiary alicyclic amines) is 1. The number of rotatable bonds is 5. The Hall–Kier alpha value is -3.55. The molecule has 6 rings (SSSR count). The largest absolute Gasteiger partial charge is 0.381 e. The van der Waals surface area contributed by atoms with Crippen LogP contribution in [0.4, 0.5) is 0 Å². The molecule has 0 saturated carbocycles. The van der Waals surface area contributed by atoms with Crippen molar-refractivity contribution < 1.29 is 14.3 Å². The molecule has 3 aliphatic heterocycles. The van der Waals surface area contributed by atoms with Crippen LogP contribution in [-0.4, -0.2) is 90.0 Å². The van der Waals surface area contributed by atoms with Crippen LogP contribution in [0.1, 0.15) is 36.0 Å². The molecule has 2 amide bonds. The molecule has 0 unspecified atom stereocenters. The summed E-state index contributed by atoms with van der Waals surface area (Å²) < 4.78 is 5.43. The van der Waals surface area contributed by atoms with E-state index in [2.05, 4.69) is 9.80 Å². The number of nitrogens with zero attached hydrogens (tertiary/aromatic N) is 4. The normalized spacial score (nSPS) is 19.5. The molecule has 3 fully saturated rings. The van der Waals surface area contributed by atoms with E-state index in [-0.39, 0.29) is 11.8 Å². The van der Waals surface area contributed by atoms with Crippen molar-refractivity contribution in [1.29, 1.82) is 0 Å². The lowest BCUT2D eigenvalue weighted by Crippen LogP contribution is -2.55. The van der Waals surface area contributed by atoms with Crippen molar-refractivity contribution in [2.45, 2.75) is 31.7 Å². The van der Waals surface area contributed by atoms with E-state index < -0.39 is 0 Å². The number of hydrogen-bond acceptors (Lipinski definition) is 5. The van der Waals surface area contributed by atoms with E-state index in [0.717, 1.165) is 74.4 Å². The van der Waals surface area contributed by atoms with Crippen LogP contribution in [-0.2, 0) is 9.53 Å². The molecule has 0 radical (unpaired) electrons. The minimum atomic E-state index is 0.0632. The smallest absolute Gasteiger partial charge is 0.254 e. The molecular weight excluding hydrogens is 500 g/mol. The fraction of sp³-hybridized carbons (Fsp3) is 0.424. The average molecular weight is 539 g/mol. The predicted octanol–water partition coefficient (Wildman–Crippen LogP) is 4.59. The topological polar surface area (TPSA) is 66.0 Å². The van der Waals surface area contributed by atoms with Crippen LogP contribution in [0, 0.1) is 5.92 Å². The maximum Gasteiger partial charge on any atom is 0.254 e. The highest BCUT2D eigenvalue weighted by molar-refractivity contribution is 5.96. The number of benzene rings is 2. The molecule has 0 bridgehead atoms. The third-order valence-corrected chi connectivity index (χ3v) is 8.68. The van der Waals surface area contributed by atoms with Gasteiger partial charge in [0.15, 0.2) is 0 Å². The van der Waals surface area contributed by atoms with E-state index in [1.54, 1.807) is 0 Å². The molecule has 208 valence electrons. The number of pyridine rings is 1. The van der Waals surface area contributed by atoms with Crippen molar-refractivity contribution >= 4 is 11.8 Å². The summed E-state index contributed by atoms with van der Waals surface area (Å²) in [5, 5.41) is 0. The Morgan fingerprint density at radius 1 is 0.675 bits per heavy atom. The molecule has 0 atom stereocenters. The summed E-state index contributed by atoms with van der Waals surface area (Å²) in [6.45, 7) is 6.24. The van der Waals surface area contributed by atoms with Gasteiger partial charge < -0.3 is 14.5 Å². The van der Waals surface area contributed by atoms with Gasteiger partial charge in [-0.25, -0.2) is 4.98 Å². The number of piperidine rings is 1. The molecular formula is C33H38N4O3. The van der Waals surface area contributed by atoms with E-state index in [1.807, 2.05) is 77.7 Å². The zero-order chi connectivity index (χ0) is 27.3. The number of piperazine rings is 1. The summed E-state index contributed by atoms with van der Waals surface area (Å²) in [6.07, 6.45) is 3.72. The number of aromatic nitrogens is 1. The summed E-state index contributed by atoms with van der Waals surface area (Å²) in [6, 6.07) is 24.5. The minimum absolute atomic E-state index is 0.0632. The lowest BCUT2D eigenvalue weighted by Gasteiger charge is -2.43. The van der Waals surface area contributed by atoms with Gasteiger partial charge in [-0.1, -0.05) is 60.7 Å². The Morgan fingerprint density at radius 2 is 1.23 bits per heavy atom. The van der Waals surface area contributed by atoms with Crippen molar-refractivity contribution in [2.75, 3.05) is 52.5 Å². The molecule has 0 spiro atoms. The second kappa shape index (κ2) is 12.3. The molecule has 3 saturated heterocycles. The third kappa shape index (κ3) is 5.96. The number of carbonyl (C=O) groups is 2. The Balaban J connectivity index is 1.09. The van der Waals surface area contributed by atoms with E-state index in [9.17, 15) is 9.59 Å². The van der Waals surface area contributed by atoms with Crippen molar-refractivity contribution in [3.05, 3.63) is 78.4 Å². The summed E-state index contributed by atoms with van der Waals surface area (Å²) in [5.41, 5.74) is 4.31. The molecule has 40 heavy (non-hydrogen) atoms.